The smallest absolute Gasteiger partial charge is 0.00260 e. The molecule has 0 nitrogen and oxygen atoms in total. The third-order valence-corrected chi connectivity index (χ3v) is 10.1. The Hall–Kier alpha value is -5.20. The van der Waals surface area contributed by atoms with Gasteiger partial charge in [0, 0.05) is 0 Å². The van der Waals surface area contributed by atoms with Crippen molar-refractivity contribution in [3.63, 3.8) is 0 Å². The lowest BCUT2D eigenvalue weighted by Gasteiger charge is -2.25. The maximum atomic E-state index is 2.47. The van der Waals surface area contributed by atoms with Crippen molar-refractivity contribution in [1.82, 2.24) is 0 Å². The lowest BCUT2D eigenvalue weighted by atomic mass is 9.79. The van der Waals surface area contributed by atoms with Crippen molar-refractivity contribution in [2.75, 3.05) is 0 Å². The van der Waals surface area contributed by atoms with Gasteiger partial charge in [-0.05, 0) is 129 Å². The van der Waals surface area contributed by atoms with Crippen molar-refractivity contribution in [2.24, 2.45) is 0 Å². The summed E-state index contributed by atoms with van der Waals surface area (Å²) < 4.78 is 0. The molecule has 0 saturated carbocycles. The molecule has 8 rings (SSSR count). The molecule has 8 aromatic carbocycles. The first kappa shape index (κ1) is 30.2. The van der Waals surface area contributed by atoms with Crippen molar-refractivity contribution in [2.45, 2.75) is 52.4 Å². The van der Waals surface area contributed by atoms with Gasteiger partial charge in [0.2, 0.25) is 0 Å². The van der Waals surface area contributed by atoms with Gasteiger partial charge in [-0.3, -0.25) is 0 Å². The van der Waals surface area contributed by atoms with Gasteiger partial charge in [0.15, 0.2) is 0 Å². The summed E-state index contributed by atoms with van der Waals surface area (Å²) in [6.07, 6.45) is 0. The summed E-state index contributed by atoms with van der Waals surface area (Å²) >= 11 is 0. The molecule has 0 aliphatic carbocycles. The molecule has 0 aliphatic rings. The molecule has 0 heterocycles. The first-order chi connectivity index (χ1) is 23.0. The van der Waals surface area contributed by atoms with Crippen LogP contribution in [0.4, 0.5) is 0 Å². The molecule has 234 valence electrons. The van der Waals surface area contributed by atoms with Crippen molar-refractivity contribution in [1.29, 1.82) is 0 Å². The molecule has 0 aromatic heterocycles. The lowest BCUT2D eigenvalue weighted by Crippen LogP contribution is -2.11. The molecule has 0 radical (unpaired) electrons. The predicted molar refractivity (Wildman–Crippen MR) is 210 cm³/mol. The Kier molecular flexibility index (Phi) is 7.04. The number of benzene rings is 8. The van der Waals surface area contributed by atoms with Crippen LogP contribution in [0.15, 0.2) is 146 Å². The van der Waals surface area contributed by atoms with Gasteiger partial charge >= 0.3 is 0 Å². The van der Waals surface area contributed by atoms with Crippen LogP contribution in [-0.4, -0.2) is 0 Å². The zero-order valence-electron chi connectivity index (χ0n) is 28.9. The Morgan fingerprint density at radius 2 is 0.708 bits per heavy atom. The van der Waals surface area contributed by atoms with E-state index in [0.717, 1.165) is 0 Å². The van der Waals surface area contributed by atoms with Crippen LogP contribution in [0.3, 0.4) is 0 Å². The van der Waals surface area contributed by atoms with Crippen molar-refractivity contribution >= 4 is 43.1 Å². The van der Waals surface area contributed by atoms with Gasteiger partial charge in [0.25, 0.3) is 0 Å². The average molecular weight is 619 g/mol. The maximum Gasteiger partial charge on any atom is -0.00260 e. The molecule has 0 bridgehead atoms. The lowest BCUT2D eigenvalue weighted by molar-refractivity contribution is 0.590. The van der Waals surface area contributed by atoms with Crippen LogP contribution in [0.2, 0.25) is 0 Å². The Labute approximate surface area is 284 Å². The molecule has 0 unspecified atom stereocenters. The van der Waals surface area contributed by atoms with Crippen LogP contribution in [0, 0.1) is 0 Å². The second kappa shape index (κ2) is 11.2. The second-order valence-electron chi connectivity index (χ2n) is 15.5. The fraction of sp³-hybridized carbons (Fsp3) is 0.167. The maximum absolute atomic E-state index is 2.47. The van der Waals surface area contributed by atoms with E-state index in [4.69, 9.17) is 0 Å². The van der Waals surface area contributed by atoms with Gasteiger partial charge in [-0.25, -0.2) is 0 Å². The fourth-order valence-corrected chi connectivity index (χ4v) is 7.35. The van der Waals surface area contributed by atoms with Crippen LogP contribution in [0.1, 0.15) is 52.7 Å². The highest BCUT2D eigenvalue weighted by molar-refractivity contribution is 6.22. The Bertz CT molecular complexity index is 2510. The predicted octanol–water partition coefficient (Wildman–Crippen LogP) is 13.9. The minimum atomic E-state index is 0.0204. The SMILES string of the molecule is CC(C)(C)c1ccc2c(-c3ccc4ccccc4c3)c3cc(C(C)(C)C)ccc3c(-c3cccc(-c4ccc5ccccc5c4)c3)c2c1. The van der Waals surface area contributed by atoms with Gasteiger partial charge < -0.3 is 0 Å². The third kappa shape index (κ3) is 5.26. The summed E-state index contributed by atoms with van der Waals surface area (Å²) in [4.78, 5) is 0. The quantitative estimate of drug-likeness (QED) is 0.173. The molecule has 0 heteroatoms. The first-order valence-corrected chi connectivity index (χ1v) is 17.2. The van der Waals surface area contributed by atoms with E-state index < -0.39 is 0 Å². The molecule has 0 fully saturated rings. The molecule has 8 aromatic rings. The van der Waals surface area contributed by atoms with E-state index in [1.807, 2.05) is 0 Å². The van der Waals surface area contributed by atoms with E-state index in [9.17, 15) is 0 Å². The van der Waals surface area contributed by atoms with Gasteiger partial charge in [-0.15, -0.1) is 0 Å². The van der Waals surface area contributed by atoms with Gasteiger partial charge in [-0.2, -0.15) is 0 Å². The molecule has 48 heavy (non-hydrogen) atoms. The monoisotopic (exact) mass is 618 g/mol. The molecular weight excluding hydrogens is 577 g/mol. The first-order valence-electron chi connectivity index (χ1n) is 17.2. The van der Waals surface area contributed by atoms with Crippen LogP contribution in [0.5, 0.6) is 0 Å². The zero-order chi connectivity index (χ0) is 33.2. The number of hydrogen-bond acceptors (Lipinski definition) is 0. The summed E-state index contributed by atoms with van der Waals surface area (Å²) in [6.45, 7) is 13.9. The summed E-state index contributed by atoms with van der Waals surface area (Å²) in [6, 6.07) is 54.7. The Balaban J connectivity index is 1.48. The molecule has 0 aliphatic heterocycles. The van der Waals surface area contributed by atoms with Gasteiger partial charge in [0.05, 0.1) is 0 Å². The highest BCUT2D eigenvalue weighted by Crippen LogP contribution is 2.47. The topological polar surface area (TPSA) is 0 Å². The van der Waals surface area contributed by atoms with E-state index in [-0.39, 0.29) is 10.8 Å². The minimum absolute atomic E-state index is 0.0204. The van der Waals surface area contributed by atoms with Crippen LogP contribution in [0.25, 0.3) is 76.5 Å². The number of rotatable bonds is 3. The zero-order valence-corrected chi connectivity index (χ0v) is 28.9. The van der Waals surface area contributed by atoms with Crippen molar-refractivity contribution < 1.29 is 0 Å². The molecular formula is C48H42. The largest absolute Gasteiger partial charge is 0.0616 e. The summed E-state index contributed by atoms with van der Waals surface area (Å²) in [7, 11) is 0. The van der Waals surface area contributed by atoms with E-state index in [1.54, 1.807) is 0 Å². The van der Waals surface area contributed by atoms with E-state index in [0.29, 0.717) is 0 Å². The highest BCUT2D eigenvalue weighted by Gasteiger charge is 2.23. The highest BCUT2D eigenvalue weighted by atomic mass is 14.3. The standard InChI is InChI=1S/C48H42/c1-47(2,3)39-23-25-42-43(29-39)45(37-17-11-16-35(28-37)36-20-18-31-12-7-9-14-33(31)26-36)41-24-22-40(48(4,5)6)30-44(41)46(42)38-21-19-32-13-8-10-15-34(32)27-38/h7-30H,1-6H3. The molecule has 0 atom stereocenters. The van der Waals surface area contributed by atoms with Crippen molar-refractivity contribution in [3.8, 4) is 33.4 Å². The average Bonchev–Trinajstić information content (AvgIpc) is 3.09. The van der Waals surface area contributed by atoms with E-state index in [1.165, 1.54) is 87.6 Å². The van der Waals surface area contributed by atoms with Gasteiger partial charge in [0.1, 0.15) is 0 Å². The van der Waals surface area contributed by atoms with Crippen molar-refractivity contribution in [3.05, 3.63) is 157 Å². The minimum Gasteiger partial charge on any atom is -0.0616 e. The Morgan fingerprint density at radius 3 is 1.23 bits per heavy atom. The molecule has 0 N–H and O–H groups in total. The fourth-order valence-electron chi connectivity index (χ4n) is 7.35. The second-order valence-corrected chi connectivity index (χ2v) is 15.5. The van der Waals surface area contributed by atoms with Crippen LogP contribution < -0.4 is 0 Å². The normalized spacial score (nSPS) is 12.4. The summed E-state index contributed by atoms with van der Waals surface area (Å²) in [5.41, 5.74) is 10.3. The van der Waals surface area contributed by atoms with Gasteiger partial charge in [-0.1, -0.05) is 157 Å². The van der Waals surface area contributed by atoms with E-state index in [2.05, 4.69) is 187 Å². The Morgan fingerprint density at radius 1 is 0.292 bits per heavy atom. The molecule has 0 spiro atoms. The van der Waals surface area contributed by atoms with Crippen LogP contribution in [-0.2, 0) is 10.8 Å². The summed E-state index contributed by atoms with van der Waals surface area (Å²) in [5, 5.41) is 10.3. The number of fused-ring (bicyclic) bond motifs is 4. The van der Waals surface area contributed by atoms with E-state index >= 15 is 0 Å². The molecule has 0 saturated heterocycles. The third-order valence-electron chi connectivity index (χ3n) is 10.1. The molecule has 0 amide bonds. The van der Waals surface area contributed by atoms with Crippen LogP contribution >= 0.6 is 0 Å². The number of hydrogen-bond donors (Lipinski definition) is 0. The summed E-state index contributed by atoms with van der Waals surface area (Å²) in [5.74, 6) is 0.